The van der Waals surface area contributed by atoms with Crippen molar-refractivity contribution in [1.82, 2.24) is 4.98 Å². The molecule has 0 radical (unpaired) electrons. The van der Waals surface area contributed by atoms with Gasteiger partial charge in [-0.3, -0.25) is 10.1 Å². The molecule has 4 rings (SSSR count). The molecule has 0 saturated heterocycles. The summed E-state index contributed by atoms with van der Waals surface area (Å²) in [5.74, 6) is 0.0852. The highest BCUT2D eigenvalue weighted by Gasteiger charge is 2.17. The molecule has 0 saturated carbocycles. The lowest BCUT2D eigenvalue weighted by atomic mass is 10.1. The number of rotatable bonds is 3. The van der Waals surface area contributed by atoms with Gasteiger partial charge in [0, 0.05) is 16.0 Å². The number of halogens is 2. The molecule has 1 aliphatic rings. The fraction of sp³-hybridized carbons (Fsp3) is 0.0588. The number of amides is 1. The van der Waals surface area contributed by atoms with E-state index < -0.39 is 11.7 Å². The molecule has 1 aromatic heterocycles. The summed E-state index contributed by atoms with van der Waals surface area (Å²) in [6.45, 7) is 0.197. The second-order valence-electron chi connectivity index (χ2n) is 5.18. The van der Waals surface area contributed by atoms with Gasteiger partial charge in [0.2, 0.25) is 6.79 Å². The minimum Gasteiger partial charge on any atom is -0.454 e. The van der Waals surface area contributed by atoms with Crippen LogP contribution in [0.25, 0.3) is 11.3 Å². The lowest BCUT2D eigenvalue weighted by molar-refractivity contribution is 0.102. The minimum absolute atomic E-state index is 0.132. The van der Waals surface area contributed by atoms with Crippen LogP contribution in [0.15, 0.2) is 41.8 Å². The van der Waals surface area contributed by atoms with Crippen molar-refractivity contribution in [3.8, 4) is 22.8 Å². The van der Waals surface area contributed by atoms with Gasteiger partial charge in [-0.1, -0.05) is 11.6 Å². The number of aromatic nitrogens is 1. The third-order valence-electron chi connectivity index (χ3n) is 3.57. The summed E-state index contributed by atoms with van der Waals surface area (Å²) in [5.41, 5.74) is 1.37. The molecule has 126 valence electrons. The highest BCUT2D eigenvalue weighted by atomic mass is 35.5. The maximum atomic E-state index is 13.8. The van der Waals surface area contributed by atoms with Crippen molar-refractivity contribution in [2.24, 2.45) is 0 Å². The maximum Gasteiger partial charge on any atom is 0.260 e. The van der Waals surface area contributed by atoms with Gasteiger partial charge in [0.05, 0.1) is 11.3 Å². The SMILES string of the molecule is O=C(Nc1nc(-c2ccc3c(c2)OCO3)cs1)c1cc(Cl)ccc1F. The van der Waals surface area contributed by atoms with Crippen LogP contribution in [-0.4, -0.2) is 17.7 Å². The van der Waals surface area contributed by atoms with Crippen LogP contribution >= 0.6 is 22.9 Å². The fourth-order valence-electron chi connectivity index (χ4n) is 2.36. The molecule has 2 heterocycles. The Kier molecular flexibility index (Phi) is 4.03. The number of carbonyl (C=O) groups excluding carboxylic acids is 1. The van der Waals surface area contributed by atoms with E-state index in [1.54, 1.807) is 11.4 Å². The van der Waals surface area contributed by atoms with Gasteiger partial charge in [0.15, 0.2) is 16.6 Å². The molecule has 1 aliphatic heterocycles. The van der Waals surface area contributed by atoms with Gasteiger partial charge < -0.3 is 9.47 Å². The molecule has 0 bridgehead atoms. The van der Waals surface area contributed by atoms with Crippen LogP contribution in [0, 0.1) is 5.82 Å². The Balaban J connectivity index is 1.55. The van der Waals surface area contributed by atoms with E-state index in [1.165, 1.54) is 23.5 Å². The van der Waals surface area contributed by atoms with E-state index in [1.807, 2.05) is 12.1 Å². The smallest absolute Gasteiger partial charge is 0.260 e. The summed E-state index contributed by atoms with van der Waals surface area (Å²) in [4.78, 5) is 16.6. The molecule has 25 heavy (non-hydrogen) atoms. The van der Waals surface area contributed by atoms with Gasteiger partial charge in [-0.2, -0.15) is 0 Å². The van der Waals surface area contributed by atoms with Crippen LogP contribution in [0.5, 0.6) is 11.5 Å². The number of ether oxygens (including phenoxy) is 2. The molecule has 0 spiro atoms. The lowest BCUT2D eigenvalue weighted by Crippen LogP contribution is -2.13. The van der Waals surface area contributed by atoms with Gasteiger partial charge in [0.25, 0.3) is 5.91 Å². The first-order valence-electron chi connectivity index (χ1n) is 7.22. The number of anilines is 1. The van der Waals surface area contributed by atoms with Gasteiger partial charge >= 0.3 is 0 Å². The highest BCUT2D eigenvalue weighted by Crippen LogP contribution is 2.36. The molecule has 2 aromatic carbocycles. The summed E-state index contributed by atoms with van der Waals surface area (Å²) in [6.07, 6.45) is 0. The highest BCUT2D eigenvalue weighted by molar-refractivity contribution is 7.14. The van der Waals surface area contributed by atoms with E-state index in [-0.39, 0.29) is 17.4 Å². The number of fused-ring (bicyclic) bond motifs is 1. The van der Waals surface area contributed by atoms with Crippen molar-refractivity contribution in [3.05, 3.63) is 58.2 Å². The Bertz CT molecular complexity index is 976. The van der Waals surface area contributed by atoms with Crippen LogP contribution < -0.4 is 14.8 Å². The van der Waals surface area contributed by atoms with Gasteiger partial charge in [-0.15, -0.1) is 11.3 Å². The molecular formula is C17H10ClFN2O3S. The predicted octanol–water partition coefficient (Wildman–Crippen LogP) is 4.58. The normalized spacial score (nSPS) is 12.2. The number of nitrogens with one attached hydrogen (secondary N) is 1. The fourth-order valence-corrected chi connectivity index (χ4v) is 3.24. The van der Waals surface area contributed by atoms with Crippen molar-refractivity contribution in [3.63, 3.8) is 0 Å². The zero-order valence-electron chi connectivity index (χ0n) is 12.6. The third-order valence-corrected chi connectivity index (χ3v) is 4.56. The molecular weight excluding hydrogens is 367 g/mol. The number of nitrogens with zero attached hydrogens (tertiary/aromatic N) is 1. The molecule has 0 unspecified atom stereocenters. The Morgan fingerprint density at radius 1 is 1.20 bits per heavy atom. The van der Waals surface area contributed by atoms with Crippen LogP contribution in [0.3, 0.4) is 0 Å². The number of hydrogen-bond donors (Lipinski definition) is 1. The van der Waals surface area contributed by atoms with Crippen LogP contribution in [0.4, 0.5) is 9.52 Å². The molecule has 8 heteroatoms. The first-order valence-corrected chi connectivity index (χ1v) is 8.48. The number of benzene rings is 2. The van der Waals surface area contributed by atoms with Gasteiger partial charge in [-0.25, -0.2) is 9.37 Å². The van der Waals surface area contributed by atoms with E-state index in [0.717, 1.165) is 11.6 Å². The first kappa shape index (κ1) is 15.9. The first-order chi connectivity index (χ1) is 12.1. The summed E-state index contributed by atoms with van der Waals surface area (Å²) in [7, 11) is 0. The van der Waals surface area contributed by atoms with Gasteiger partial charge in [0.1, 0.15) is 5.82 Å². The number of carbonyl (C=O) groups is 1. The average Bonchev–Trinajstić information content (AvgIpc) is 3.25. The van der Waals surface area contributed by atoms with Crippen molar-refractivity contribution in [1.29, 1.82) is 0 Å². The quantitative estimate of drug-likeness (QED) is 0.726. The topological polar surface area (TPSA) is 60.5 Å². The number of hydrogen-bond acceptors (Lipinski definition) is 5. The molecule has 0 fully saturated rings. The van der Waals surface area contributed by atoms with E-state index in [9.17, 15) is 9.18 Å². The van der Waals surface area contributed by atoms with E-state index >= 15 is 0 Å². The van der Waals surface area contributed by atoms with Crippen LogP contribution in [0.1, 0.15) is 10.4 Å². The largest absolute Gasteiger partial charge is 0.454 e. The maximum absolute atomic E-state index is 13.8. The predicted molar refractivity (Wildman–Crippen MR) is 93.0 cm³/mol. The number of thiazole rings is 1. The van der Waals surface area contributed by atoms with E-state index in [0.29, 0.717) is 22.3 Å². The molecule has 0 aliphatic carbocycles. The summed E-state index contributed by atoms with van der Waals surface area (Å²) < 4.78 is 24.4. The van der Waals surface area contributed by atoms with Crippen molar-refractivity contribution in [2.75, 3.05) is 12.1 Å². The monoisotopic (exact) mass is 376 g/mol. The van der Waals surface area contributed by atoms with Crippen LogP contribution in [0.2, 0.25) is 5.02 Å². The molecule has 0 atom stereocenters. The summed E-state index contributed by atoms with van der Waals surface area (Å²) >= 11 is 7.05. The zero-order valence-corrected chi connectivity index (χ0v) is 14.2. The molecule has 5 nitrogen and oxygen atoms in total. The summed E-state index contributed by atoms with van der Waals surface area (Å²) in [6, 6.07) is 9.28. The van der Waals surface area contributed by atoms with E-state index in [2.05, 4.69) is 10.3 Å². The van der Waals surface area contributed by atoms with E-state index in [4.69, 9.17) is 21.1 Å². The molecule has 1 N–H and O–H groups in total. The lowest BCUT2D eigenvalue weighted by Gasteiger charge is -2.03. The van der Waals surface area contributed by atoms with Gasteiger partial charge in [-0.05, 0) is 36.4 Å². The Labute approximate surface area is 151 Å². The zero-order chi connectivity index (χ0) is 17.4. The minimum atomic E-state index is -0.644. The van der Waals surface area contributed by atoms with Crippen molar-refractivity contribution in [2.45, 2.75) is 0 Å². The second kappa shape index (κ2) is 6.34. The Morgan fingerprint density at radius 2 is 2.04 bits per heavy atom. The average molecular weight is 377 g/mol. The molecule has 3 aromatic rings. The van der Waals surface area contributed by atoms with Crippen molar-refractivity contribution < 1.29 is 18.7 Å². The Morgan fingerprint density at radius 3 is 2.92 bits per heavy atom. The molecule has 1 amide bonds. The van der Waals surface area contributed by atoms with Crippen LogP contribution in [-0.2, 0) is 0 Å². The standard InChI is InChI=1S/C17H10ClFN2O3S/c18-10-2-3-12(19)11(6-10)16(22)21-17-20-13(7-25-17)9-1-4-14-15(5-9)24-8-23-14/h1-7H,8H2,(H,20,21,22). The Hall–Kier alpha value is -2.64. The second-order valence-corrected chi connectivity index (χ2v) is 6.48. The van der Waals surface area contributed by atoms with Crippen molar-refractivity contribution >= 4 is 34.0 Å². The third kappa shape index (κ3) is 3.16. The summed E-state index contributed by atoms with van der Waals surface area (Å²) in [5, 5.41) is 5.02.